The van der Waals surface area contributed by atoms with Gasteiger partial charge in [0, 0.05) is 36.8 Å². The van der Waals surface area contributed by atoms with Crippen LogP contribution in [0.1, 0.15) is 96.7 Å². The molecule has 19 heteroatoms. The van der Waals surface area contributed by atoms with E-state index in [1.807, 2.05) is 32.8 Å². The summed E-state index contributed by atoms with van der Waals surface area (Å²) in [6.07, 6.45) is 15.3. The number of rotatable bonds is 9. The molecule has 2 saturated heterocycles. The Kier molecular flexibility index (Phi) is 18.4. The molecule has 0 unspecified atom stereocenters. The predicted octanol–water partition coefficient (Wildman–Crippen LogP) is 7.59. The van der Waals surface area contributed by atoms with Crippen LogP contribution in [0.3, 0.4) is 0 Å². The lowest BCUT2D eigenvalue weighted by Gasteiger charge is -2.37. The number of thioether (sulfide) groups is 1. The second-order valence-corrected chi connectivity index (χ2v) is 19.9. The number of aryl methyl sites for hydroxylation is 1. The van der Waals surface area contributed by atoms with E-state index in [0.717, 1.165) is 18.3 Å². The minimum atomic E-state index is -4.91. The molecule has 1 spiro atoms. The van der Waals surface area contributed by atoms with E-state index in [2.05, 4.69) is 52.6 Å². The molecule has 0 bridgehead atoms. The molecule has 5 aliphatic rings. The number of carbonyl (C=O) groups is 5. The standard InChI is InChI=1S/C42H49F3N6O8S.C5H10.C2H2.CH2O/c1-25(2)23-58-39(55)49-31-9-7-5-4-6-8-10-33-41(60-33,38(54)46-3)50-36(52)32-22-40(24-51(32)37(31)53)16-13-28-29-21-27(57-20-19-56-26-14-17-47-18-15-26)11-12-30(29)48-35(34(28)59-40)42(43,44)45;1-5(2)3-4-5;2*1-2/h8,10-12,14-15,17-18,21,25,31-33H,4-7,9,13,16,19-20,22-24H2,1-3H3,(H,46,54)(H,49,55)(H,50,52);3-4H2,1-2H3;1-2H;1H2/b10-8-;;;/t31-,32-,33-,40+,41-;;;/m0.../s1. The van der Waals surface area contributed by atoms with Crippen LogP contribution in [0.4, 0.5) is 18.0 Å². The third-order valence-corrected chi connectivity index (χ3v) is 13.7. The van der Waals surface area contributed by atoms with Crippen molar-refractivity contribution in [3.8, 4) is 30.1 Å². The van der Waals surface area contributed by atoms with E-state index in [-0.39, 0.29) is 74.3 Å². The first kappa shape index (κ1) is 53.9. The Morgan fingerprint density at radius 1 is 1.03 bits per heavy atom. The minimum absolute atomic E-state index is 0.0343. The van der Waals surface area contributed by atoms with Gasteiger partial charge in [-0.25, -0.2) is 9.78 Å². The van der Waals surface area contributed by atoms with Crippen LogP contribution < -0.4 is 30.2 Å². The van der Waals surface area contributed by atoms with Crippen LogP contribution in [-0.4, -0.2) is 107 Å². The number of hydrogen-bond donors (Lipinski definition) is 3. The maximum Gasteiger partial charge on any atom is 0.437 e. The Morgan fingerprint density at radius 2 is 1.71 bits per heavy atom. The number of allylic oxidation sites excluding steroid dienone is 1. The van der Waals surface area contributed by atoms with E-state index >= 15 is 0 Å². The van der Waals surface area contributed by atoms with Gasteiger partial charge in [0.1, 0.15) is 49.2 Å². The molecule has 3 N–H and O–H groups in total. The van der Waals surface area contributed by atoms with Crippen LogP contribution >= 0.6 is 11.8 Å². The first-order chi connectivity index (χ1) is 32.9. The molecule has 6 heterocycles. The highest BCUT2D eigenvalue weighted by Gasteiger charge is 2.63. The molecule has 4 amide bonds. The second kappa shape index (κ2) is 23.5. The normalized spacial score (nSPS) is 24.9. The van der Waals surface area contributed by atoms with E-state index in [4.69, 9.17) is 23.7 Å². The van der Waals surface area contributed by atoms with E-state index in [9.17, 15) is 32.3 Å². The zero-order valence-corrected chi connectivity index (χ0v) is 40.6. The Morgan fingerprint density at radius 3 is 2.35 bits per heavy atom. The van der Waals surface area contributed by atoms with Crippen molar-refractivity contribution >= 4 is 53.3 Å². The average Bonchev–Trinajstić information content (AvgIpc) is 4.20. The van der Waals surface area contributed by atoms with E-state index < -0.39 is 64.0 Å². The molecule has 1 saturated carbocycles. The van der Waals surface area contributed by atoms with Crippen LogP contribution in [0.2, 0.25) is 0 Å². The van der Waals surface area contributed by atoms with Gasteiger partial charge in [0.25, 0.3) is 5.91 Å². The van der Waals surface area contributed by atoms with Crippen molar-refractivity contribution in [2.24, 2.45) is 11.3 Å². The summed E-state index contributed by atoms with van der Waals surface area (Å²) >= 11 is 1.25. The first-order valence-electron chi connectivity index (χ1n) is 23.1. The summed E-state index contributed by atoms with van der Waals surface area (Å²) in [4.78, 5) is 71.2. The highest BCUT2D eigenvalue weighted by molar-refractivity contribution is 8.09. The molecule has 15 nitrogen and oxygen atoms in total. The van der Waals surface area contributed by atoms with E-state index in [1.54, 1.807) is 36.7 Å². The summed E-state index contributed by atoms with van der Waals surface area (Å²) in [7, 11) is 1.46. The number of nitrogens with zero attached hydrogens (tertiary/aromatic N) is 3. The monoisotopic (exact) mass is 980 g/mol. The number of alkyl halides is 3. The van der Waals surface area contributed by atoms with Crippen LogP contribution in [0.5, 0.6) is 17.2 Å². The lowest BCUT2D eigenvalue weighted by molar-refractivity contribution is -0.144. The molecule has 5 atom stereocenters. The highest BCUT2D eigenvalue weighted by Crippen LogP contribution is 2.54. The molecule has 3 aromatic rings. The zero-order valence-electron chi connectivity index (χ0n) is 39.8. The molecule has 8 rings (SSSR count). The number of carbonyl (C=O) groups excluding carboxylic acids is 5. The third-order valence-electron chi connectivity index (χ3n) is 12.3. The topological polar surface area (TPSA) is 187 Å². The molecule has 4 aliphatic heterocycles. The van der Waals surface area contributed by atoms with Gasteiger partial charge in [-0.15, -0.1) is 24.6 Å². The number of aromatic nitrogens is 2. The molecule has 0 radical (unpaired) electrons. The van der Waals surface area contributed by atoms with Crippen molar-refractivity contribution in [3.63, 3.8) is 0 Å². The summed E-state index contributed by atoms with van der Waals surface area (Å²) in [5.41, 5.74) is -1.56. The molecular formula is C50H63F3N6O9S. The van der Waals surface area contributed by atoms with Crippen molar-refractivity contribution in [3.05, 3.63) is 66.1 Å². The lowest BCUT2D eigenvalue weighted by Crippen LogP contribution is -2.57. The Hall–Kier alpha value is -6.03. The van der Waals surface area contributed by atoms with Gasteiger partial charge < -0.3 is 44.6 Å². The maximum absolute atomic E-state index is 14.9. The van der Waals surface area contributed by atoms with Gasteiger partial charge in [-0.05, 0) is 86.6 Å². The molecule has 374 valence electrons. The van der Waals surface area contributed by atoms with Gasteiger partial charge >= 0.3 is 12.3 Å². The number of amides is 4. The SMILES string of the molecule is C#C.C=O.CC1(C)CC1.CNC(=O)[C@]12NC(=O)[C@@H]3C[C@]4(CCc5c(c(C(F)(F)F)nc6ccc(OCCOc7ccncc7)cc56)O4)CN3C(=O)[C@@H](NC(=O)OCC(C)C)CCCCC/C=C\[C@@H]1S2. The Bertz CT molecular complexity index is 2330. The zero-order chi connectivity index (χ0) is 50.6. The molecular weight excluding hydrogens is 918 g/mol. The number of halogens is 3. The van der Waals surface area contributed by atoms with Gasteiger partial charge in [-0.2, -0.15) is 13.2 Å². The molecule has 1 aliphatic carbocycles. The van der Waals surface area contributed by atoms with Crippen LogP contribution in [0.25, 0.3) is 10.9 Å². The smallest absolute Gasteiger partial charge is 0.437 e. The van der Waals surface area contributed by atoms with Crippen molar-refractivity contribution in [2.75, 3.05) is 33.4 Å². The Labute approximate surface area is 405 Å². The van der Waals surface area contributed by atoms with Gasteiger partial charge in [0.15, 0.2) is 16.3 Å². The van der Waals surface area contributed by atoms with Crippen molar-refractivity contribution in [1.82, 2.24) is 30.8 Å². The summed E-state index contributed by atoms with van der Waals surface area (Å²) in [6.45, 7) is 10.6. The van der Waals surface area contributed by atoms with Gasteiger partial charge in [0.05, 0.1) is 23.9 Å². The molecule has 2 aromatic heterocycles. The highest BCUT2D eigenvalue weighted by atomic mass is 32.2. The van der Waals surface area contributed by atoms with Crippen LogP contribution in [0.15, 0.2) is 54.9 Å². The number of pyridine rings is 2. The fourth-order valence-electron chi connectivity index (χ4n) is 8.25. The molecule has 1 aromatic carbocycles. The number of ether oxygens (including phenoxy) is 4. The third kappa shape index (κ3) is 13.8. The number of likely N-dealkylation sites (N-methyl/N-ethyl adjacent to an activating group) is 1. The van der Waals surface area contributed by atoms with E-state index in [1.165, 1.54) is 42.6 Å². The fraction of sp³-hybridized carbons (Fsp3) is 0.540. The maximum atomic E-state index is 14.9. The number of hydrogen-bond acceptors (Lipinski definition) is 12. The lowest BCUT2D eigenvalue weighted by atomic mass is 9.87. The van der Waals surface area contributed by atoms with Gasteiger partial charge in [-0.1, -0.05) is 52.7 Å². The number of benzene rings is 1. The van der Waals surface area contributed by atoms with Crippen molar-refractivity contribution < 1.29 is 56.1 Å². The minimum Gasteiger partial charge on any atom is -0.490 e. The Balaban J connectivity index is 0.000000905. The fourth-order valence-corrected chi connectivity index (χ4v) is 9.38. The summed E-state index contributed by atoms with van der Waals surface area (Å²) in [6, 6.07) is 5.67. The van der Waals surface area contributed by atoms with E-state index in [0.29, 0.717) is 29.7 Å². The quantitative estimate of drug-likeness (QED) is 0.0827. The largest absolute Gasteiger partial charge is 0.490 e. The average molecular weight is 981 g/mol. The van der Waals surface area contributed by atoms with Crippen molar-refractivity contribution in [1.29, 1.82) is 0 Å². The summed E-state index contributed by atoms with van der Waals surface area (Å²) in [5, 5.41) is 8.24. The predicted molar refractivity (Wildman–Crippen MR) is 255 cm³/mol. The van der Waals surface area contributed by atoms with Crippen LogP contribution in [0, 0.1) is 24.2 Å². The second-order valence-electron chi connectivity index (χ2n) is 18.6. The summed E-state index contributed by atoms with van der Waals surface area (Å²) in [5.74, 6) is -1.15. The number of alkyl carbamates (subject to hydrolysis) is 1. The number of nitrogens with one attached hydrogen (secondary N) is 3. The van der Waals surface area contributed by atoms with Gasteiger partial charge in [0.2, 0.25) is 11.8 Å². The van der Waals surface area contributed by atoms with Crippen molar-refractivity contribution in [2.45, 2.75) is 126 Å². The molecule has 69 heavy (non-hydrogen) atoms. The first-order valence-corrected chi connectivity index (χ1v) is 23.9. The number of fused-ring (bicyclic) bond motifs is 5. The number of terminal acetylenes is 1. The molecule has 3 fully saturated rings. The summed E-state index contributed by atoms with van der Waals surface area (Å²) < 4.78 is 68.0. The van der Waals surface area contributed by atoms with Gasteiger partial charge in [-0.3, -0.25) is 19.4 Å². The van der Waals surface area contributed by atoms with Crippen LogP contribution in [-0.2, 0) is 36.5 Å².